The summed E-state index contributed by atoms with van der Waals surface area (Å²) in [5.74, 6) is -0.0507. The van der Waals surface area contributed by atoms with Crippen molar-refractivity contribution in [1.29, 1.82) is 0 Å². The van der Waals surface area contributed by atoms with Gasteiger partial charge in [-0.05, 0) is 42.0 Å². The highest BCUT2D eigenvalue weighted by atomic mass is 35.5. The van der Waals surface area contributed by atoms with Crippen LogP contribution < -0.4 is 5.32 Å². The van der Waals surface area contributed by atoms with Gasteiger partial charge in [-0.1, -0.05) is 35.9 Å². The molecule has 28 heavy (non-hydrogen) atoms. The fraction of sp³-hybridized carbons (Fsp3) is 0.143. The van der Waals surface area contributed by atoms with Crippen LogP contribution in [0.1, 0.15) is 23.8 Å². The number of nitrogens with one attached hydrogen (secondary N) is 1. The molecule has 3 aromatic rings. The van der Waals surface area contributed by atoms with Gasteiger partial charge in [-0.15, -0.1) is 0 Å². The molecule has 1 aliphatic heterocycles. The van der Waals surface area contributed by atoms with E-state index >= 15 is 0 Å². The second-order valence-corrected chi connectivity index (χ2v) is 6.80. The van der Waals surface area contributed by atoms with Gasteiger partial charge in [0.1, 0.15) is 17.6 Å². The average Bonchev–Trinajstić information content (AvgIpc) is 3.37. The maximum atomic E-state index is 13.8. The molecule has 1 amide bonds. The molecule has 0 saturated heterocycles. The van der Waals surface area contributed by atoms with Crippen molar-refractivity contribution in [2.45, 2.75) is 12.5 Å². The predicted molar refractivity (Wildman–Crippen MR) is 106 cm³/mol. The van der Waals surface area contributed by atoms with Gasteiger partial charge >= 0.3 is 0 Å². The molecule has 142 valence electrons. The van der Waals surface area contributed by atoms with Crippen LogP contribution in [0.5, 0.6) is 0 Å². The van der Waals surface area contributed by atoms with Crippen molar-refractivity contribution in [2.75, 3.05) is 11.9 Å². The first kappa shape index (κ1) is 18.3. The Bertz CT molecular complexity index is 1000. The van der Waals surface area contributed by atoms with Gasteiger partial charge in [-0.2, -0.15) is 5.10 Å². The highest BCUT2D eigenvalue weighted by molar-refractivity contribution is 6.30. The largest absolute Gasteiger partial charge is 0.467 e. The average molecular weight is 398 g/mol. The van der Waals surface area contributed by atoms with Gasteiger partial charge in [0.25, 0.3) is 5.91 Å². The lowest BCUT2D eigenvalue weighted by atomic mass is 10.0. The highest BCUT2D eigenvalue weighted by Gasteiger charge is 2.34. The first-order chi connectivity index (χ1) is 13.6. The van der Waals surface area contributed by atoms with E-state index in [-0.39, 0.29) is 24.2 Å². The molecule has 0 spiro atoms. The zero-order valence-electron chi connectivity index (χ0n) is 14.8. The maximum absolute atomic E-state index is 13.8. The van der Waals surface area contributed by atoms with Crippen LogP contribution in [-0.4, -0.2) is 23.2 Å². The van der Waals surface area contributed by atoms with Gasteiger partial charge in [0.15, 0.2) is 0 Å². The molecule has 1 aliphatic rings. The van der Waals surface area contributed by atoms with E-state index < -0.39 is 5.82 Å². The molecule has 4 rings (SSSR count). The summed E-state index contributed by atoms with van der Waals surface area (Å²) in [6, 6.07) is 16.8. The molecule has 1 atom stereocenters. The van der Waals surface area contributed by atoms with Crippen LogP contribution >= 0.6 is 11.6 Å². The molecule has 0 saturated carbocycles. The molecular weight excluding hydrogens is 381 g/mol. The van der Waals surface area contributed by atoms with Gasteiger partial charge in [0, 0.05) is 11.4 Å². The summed E-state index contributed by atoms with van der Waals surface area (Å²) < 4.78 is 19.3. The number of carbonyl (C=O) groups is 1. The van der Waals surface area contributed by atoms with Gasteiger partial charge < -0.3 is 9.73 Å². The van der Waals surface area contributed by atoms with E-state index in [2.05, 4.69) is 10.4 Å². The van der Waals surface area contributed by atoms with Crippen molar-refractivity contribution in [1.82, 2.24) is 5.01 Å². The Labute approximate surface area is 166 Å². The molecule has 1 aromatic heterocycles. The third-order valence-corrected chi connectivity index (χ3v) is 4.77. The van der Waals surface area contributed by atoms with Crippen molar-refractivity contribution in [3.63, 3.8) is 0 Å². The summed E-state index contributed by atoms with van der Waals surface area (Å²) in [5.41, 5.74) is 1.92. The Kier molecular flexibility index (Phi) is 5.12. The number of benzene rings is 2. The highest BCUT2D eigenvalue weighted by Crippen LogP contribution is 2.33. The molecule has 0 radical (unpaired) electrons. The van der Waals surface area contributed by atoms with Crippen molar-refractivity contribution >= 4 is 28.9 Å². The monoisotopic (exact) mass is 397 g/mol. The predicted octanol–water partition coefficient (Wildman–Crippen LogP) is 4.86. The number of rotatable bonds is 5. The normalized spacial score (nSPS) is 16.1. The Morgan fingerprint density at radius 3 is 2.68 bits per heavy atom. The minimum Gasteiger partial charge on any atom is -0.467 e. The van der Waals surface area contributed by atoms with Crippen molar-refractivity contribution in [2.24, 2.45) is 5.10 Å². The van der Waals surface area contributed by atoms with Crippen LogP contribution in [-0.2, 0) is 4.79 Å². The standard InChI is InChI=1S/C21H17ClFN3O2/c22-15-9-7-14(8-10-15)18-12-19(20-6-3-11-28-20)26(25-18)21(27)13-24-17-5-2-1-4-16(17)23/h1-11,19,24H,12-13H2/t19-/m1/s1. The van der Waals surface area contributed by atoms with E-state index in [0.29, 0.717) is 17.2 Å². The molecule has 7 heteroatoms. The smallest absolute Gasteiger partial charge is 0.262 e. The summed E-state index contributed by atoms with van der Waals surface area (Å²) in [6.07, 6.45) is 2.08. The topological polar surface area (TPSA) is 57.8 Å². The third kappa shape index (κ3) is 3.77. The summed E-state index contributed by atoms with van der Waals surface area (Å²) in [6.45, 7) is -0.0878. The minimum atomic E-state index is -0.412. The minimum absolute atomic E-state index is 0.0878. The van der Waals surface area contributed by atoms with Crippen LogP contribution in [0.25, 0.3) is 0 Å². The van der Waals surface area contributed by atoms with E-state index in [0.717, 1.165) is 11.3 Å². The van der Waals surface area contributed by atoms with E-state index in [1.165, 1.54) is 11.1 Å². The Morgan fingerprint density at radius 1 is 1.18 bits per heavy atom. The zero-order valence-corrected chi connectivity index (χ0v) is 15.6. The van der Waals surface area contributed by atoms with E-state index in [1.807, 2.05) is 18.2 Å². The molecule has 0 aliphatic carbocycles. The summed E-state index contributed by atoms with van der Waals surface area (Å²) in [5, 5.41) is 9.39. The molecule has 5 nitrogen and oxygen atoms in total. The van der Waals surface area contributed by atoms with Crippen LogP contribution in [0.3, 0.4) is 0 Å². The first-order valence-electron chi connectivity index (χ1n) is 8.79. The third-order valence-electron chi connectivity index (χ3n) is 4.52. The fourth-order valence-corrected chi connectivity index (χ4v) is 3.24. The van der Waals surface area contributed by atoms with Crippen LogP contribution in [0.4, 0.5) is 10.1 Å². The molecule has 0 unspecified atom stereocenters. The number of anilines is 1. The second-order valence-electron chi connectivity index (χ2n) is 6.36. The van der Waals surface area contributed by atoms with Crippen molar-refractivity contribution < 1.29 is 13.6 Å². The summed E-state index contributed by atoms with van der Waals surface area (Å²) in [4.78, 5) is 12.8. The number of hydrogen-bond donors (Lipinski definition) is 1. The Morgan fingerprint density at radius 2 is 1.96 bits per heavy atom. The molecular formula is C21H17ClFN3O2. The number of hydrogen-bond acceptors (Lipinski definition) is 4. The van der Waals surface area contributed by atoms with Crippen LogP contribution in [0.15, 0.2) is 76.4 Å². The van der Waals surface area contributed by atoms with Crippen molar-refractivity contribution in [3.05, 3.63) is 89.1 Å². The fourth-order valence-electron chi connectivity index (χ4n) is 3.12. The number of amides is 1. The van der Waals surface area contributed by atoms with Crippen molar-refractivity contribution in [3.8, 4) is 0 Å². The van der Waals surface area contributed by atoms with Gasteiger partial charge in [-0.25, -0.2) is 9.40 Å². The quantitative estimate of drug-likeness (QED) is 0.668. The van der Waals surface area contributed by atoms with E-state index in [1.54, 1.807) is 42.7 Å². The zero-order chi connectivity index (χ0) is 19.5. The number of halogens is 2. The Balaban J connectivity index is 1.56. The molecule has 1 N–H and O–H groups in total. The lowest BCUT2D eigenvalue weighted by Gasteiger charge is -2.20. The second kappa shape index (κ2) is 7.86. The van der Waals surface area contributed by atoms with E-state index in [9.17, 15) is 9.18 Å². The molecule has 0 fully saturated rings. The number of nitrogens with zero attached hydrogens (tertiary/aromatic N) is 2. The maximum Gasteiger partial charge on any atom is 0.262 e. The lowest BCUT2D eigenvalue weighted by Crippen LogP contribution is -2.32. The van der Waals surface area contributed by atoms with E-state index in [4.69, 9.17) is 16.0 Å². The van der Waals surface area contributed by atoms with Gasteiger partial charge in [-0.3, -0.25) is 4.79 Å². The summed E-state index contributed by atoms with van der Waals surface area (Å²) >= 11 is 5.96. The number of carbonyl (C=O) groups excluding carboxylic acids is 1. The van der Waals surface area contributed by atoms with Crippen LogP contribution in [0.2, 0.25) is 5.02 Å². The molecule has 2 aromatic carbocycles. The lowest BCUT2D eigenvalue weighted by molar-refractivity contribution is -0.131. The van der Waals surface area contributed by atoms with Crippen LogP contribution in [0, 0.1) is 5.82 Å². The molecule has 0 bridgehead atoms. The SMILES string of the molecule is O=C(CNc1ccccc1F)N1N=C(c2ccc(Cl)cc2)C[C@@H]1c1ccco1. The number of para-hydroxylation sites is 1. The van der Waals surface area contributed by atoms with Gasteiger partial charge in [0.2, 0.25) is 0 Å². The summed E-state index contributed by atoms with van der Waals surface area (Å²) in [7, 11) is 0. The first-order valence-corrected chi connectivity index (χ1v) is 9.17. The Hall–Kier alpha value is -3.12. The molecule has 2 heterocycles. The number of hydrazone groups is 1. The number of furan rings is 1. The van der Waals surface area contributed by atoms with Gasteiger partial charge in [0.05, 0.1) is 24.2 Å².